The van der Waals surface area contributed by atoms with E-state index in [0.29, 0.717) is 37.2 Å². The zero-order valence-corrected chi connectivity index (χ0v) is 19.9. The van der Waals surface area contributed by atoms with Crippen LogP contribution in [0.5, 0.6) is 11.5 Å². The number of carboxylic acids is 1. The molecule has 0 spiro atoms. The first kappa shape index (κ1) is 26.6. The van der Waals surface area contributed by atoms with Gasteiger partial charge in [0.1, 0.15) is 17.3 Å². The number of para-hydroxylation sites is 1. The highest BCUT2D eigenvalue weighted by Gasteiger charge is 2.34. The number of hydrogen-bond acceptors (Lipinski definition) is 5. The summed E-state index contributed by atoms with van der Waals surface area (Å²) in [6, 6.07) is 11.6. The number of halogens is 4. The van der Waals surface area contributed by atoms with Crippen molar-refractivity contribution in [2.45, 2.75) is 32.2 Å². The molecule has 2 N–H and O–H groups in total. The van der Waals surface area contributed by atoms with Crippen LogP contribution >= 0.6 is 12.4 Å². The van der Waals surface area contributed by atoms with Crippen LogP contribution in [0.15, 0.2) is 42.5 Å². The number of aromatic nitrogens is 2. The van der Waals surface area contributed by atoms with E-state index in [1.807, 2.05) is 23.1 Å². The largest absolute Gasteiger partial charge is 0.573 e. The summed E-state index contributed by atoms with van der Waals surface area (Å²) in [4.78, 5) is 21.4. The lowest BCUT2D eigenvalue weighted by molar-refractivity contribution is -0.275. The predicted molar refractivity (Wildman–Crippen MR) is 126 cm³/mol. The highest BCUT2D eigenvalue weighted by atomic mass is 35.5. The number of alkyl halides is 3. The third kappa shape index (κ3) is 7.02. The maximum atomic E-state index is 12.8. The van der Waals surface area contributed by atoms with E-state index in [1.54, 1.807) is 19.2 Å². The van der Waals surface area contributed by atoms with Gasteiger partial charge in [-0.05, 0) is 43.0 Å². The molecule has 0 unspecified atom stereocenters. The number of aromatic amines is 1. The van der Waals surface area contributed by atoms with Gasteiger partial charge in [0.2, 0.25) is 0 Å². The van der Waals surface area contributed by atoms with Gasteiger partial charge in [0.25, 0.3) is 0 Å². The van der Waals surface area contributed by atoms with E-state index in [0.717, 1.165) is 16.9 Å². The first-order valence-corrected chi connectivity index (χ1v) is 11.0. The number of ether oxygens (including phenoxy) is 2. The molecule has 1 aliphatic heterocycles. The monoisotopic (exact) mass is 513 g/mol. The lowest BCUT2D eigenvalue weighted by Crippen LogP contribution is -2.41. The number of carboxylic acid groups (broad SMARTS) is 1. The Kier molecular flexibility index (Phi) is 8.50. The molecule has 1 fully saturated rings. The average molecular weight is 514 g/mol. The third-order valence-electron chi connectivity index (χ3n) is 6.20. The minimum Gasteiger partial charge on any atom is -0.497 e. The first-order valence-electron chi connectivity index (χ1n) is 11.0. The molecule has 0 bridgehead atoms. The molecule has 190 valence electrons. The Balaban J connectivity index is 0.00000342. The van der Waals surface area contributed by atoms with Gasteiger partial charge < -0.3 is 19.6 Å². The van der Waals surface area contributed by atoms with Gasteiger partial charge in [-0.1, -0.05) is 18.2 Å². The second-order valence-electron chi connectivity index (χ2n) is 8.57. The second kappa shape index (κ2) is 11.2. The van der Waals surface area contributed by atoms with Gasteiger partial charge in [0.05, 0.1) is 18.1 Å². The Labute approximate surface area is 206 Å². The van der Waals surface area contributed by atoms with E-state index < -0.39 is 12.3 Å². The number of fused-ring (bicyclic) bond motifs is 1. The minimum absolute atomic E-state index is 0. The molecule has 3 aromatic rings. The van der Waals surface area contributed by atoms with E-state index in [-0.39, 0.29) is 43.0 Å². The van der Waals surface area contributed by atoms with Crippen LogP contribution in [-0.4, -0.2) is 52.5 Å². The summed E-state index contributed by atoms with van der Waals surface area (Å²) in [5.41, 5.74) is 2.05. The van der Waals surface area contributed by atoms with Crippen molar-refractivity contribution in [1.29, 1.82) is 0 Å². The zero-order valence-electron chi connectivity index (χ0n) is 19.0. The van der Waals surface area contributed by atoms with E-state index in [9.17, 15) is 23.1 Å². The molecule has 7 nitrogen and oxygen atoms in total. The van der Waals surface area contributed by atoms with E-state index >= 15 is 0 Å². The van der Waals surface area contributed by atoms with Gasteiger partial charge in [-0.2, -0.15) is 0 Å². The van der Waals surface area contributed by atoms with Gasteiger partial charge >= 0.3 is 12.3 Å². The van der Waals surface area contributed by atoms with Crippen LogP contribution in [0.4, 0.5) is 13.2 Å². The first-order chi connectivity index (χ1) is 16.2. The molecule has 0 saturated carbocycles. The molecule has 4 rings (SSSR count). The summed E-state index contributed by atoms with van der Waals surface area (Å²) in [6.07, 6.45) is -3.56. The van der Waals surface area contributed by atoms with Crippen molar-refractivity contribution in [2.75, 3.05) is 20.2 Å². The molecule has 0 amide bonds. The average Bonchev–Trinajstić information content (AvgIpc) is 3.17. The molecule has 1 saturated heterocycles. The Morgan fingerprint density at radius 2 is 2.00 bits per heavy atom. The van der Waals surface area contributed by atoms with Crippen molar-refractivity contribution in [2.24, 2.45) is 11.8 Å². The molecule has 1 aromatic heterocycles. The lowest BCUT2D eigenvalue weighted by Gasteiger charge is -2.38. The van der Waals surface area contributed by atoms with Gasteiger partial charge in [-0.15, -0.1) is 25.6 Å². The summed E-state index contributed by atoms with van der Waals surface area (Å²) < 4.78 is 47.9. The fourth-order valence-corrected chi connectivity index (χ4v) is 4.64. The van der Waals surface area contributed by atoms with Crippen LogP contribution in [-0.2, 0) is 17.8 Å². The van der Waals surface area contributed by atoms with E-state index in [4.69, 9.17) is 4.74 Å². The molecule has 35 heavy (non-hydrogen) atoms. The Hall–Kier alpha value is -2.98. The smallest absolute Gasteiger partial charge is 0.497 e. The van der Waals surface area contributed by atoms with Crippen LogP contribution < -0.4 is 9.47 Å². The third-order valence-corrected chi connectivity index (χ3v) is 6.20. The Bertz CT molecular complexity index is 1150. The van der Waals surface area contributed by atoms with Crippen LogP contribution in [0.2, 0.25) is 0 Å². The number of imidazole rings is 1. The quantitative estimate of drug-likeness (QED) is 0.438. The predicted octanol–water partition coefficient (Wildman–Crippen LogP) is 5.05. The summed E-state index contributed by atoms with van der Waals surface area (Å²) >= 11 is 0. The summed E-state index contributed by atoms with van der Waals surface area (Å²) in [7, 11) is 1.59. The maximum absolute atomic E-state index is 12.8. The van der Waals surface area contributed by atoms with Crippen molar-refractivity contribution in [1.82, 2.24) is 14.9 Å². The van der Waals surface area contributed by atoms with Gasteiger partial charge in [0.15, 0.2) is 0 Å². The van der Waals surface area contributed by atoms with Crippen molar-refractivity contribution < 1.29 is 32.5 Å². The van der Waals surface area contributed by atoms with Crippen molar-refractivity contribution >= 4 is 29.4 Å². The number of rotatable bonds is 8. The van der Waals surface area contributed by atoms with Crippen LogP contribution in [0.1, 0.15) is 24.2 Å². The van der Waals surface area contributed by atoms with Crippen molar-refractivity contribution in [3.63, 3.8) is 0 Å². The molecule has 2 atom stereocenters. The molecular formula is C24H27ClF3N3O4. The molecule has 2 heterocycles. The molecule has 0 radical (unpaired) electrons. The topological polar surface area (TPSA) is 87.7 Å². The lowest BCUT2D eigenvalue weighted by atomic mass is 9.81. The fraction of sp³-hybridized carbons (Fsp3) is 0.417. The van der Waals surface area contributed by atoms with Gasteiger partial charge in [-0.3, -0.25) is 9.69 Å². The molecular weight excluding hydrogens is 487 g/mol. The number of hydrogen-bond donors (Lipinski definition) is 2. The molecule has 2 aromatic carbocycles. The van der Waals surface area contributed by atoms with Gasteiger partial charge in [-0.25, -0.2) is 4.98 Å². The molecule has 1 aliphatic rings. The standard InChI is InChI=1S/C24H26F3N3O4.ClH/c1-33-18-6-7-19-20(12-18)29-22(28-19)10-17-14-30(9-8-15(17)11-23(31)32)13-16-4-2-3-5-21(16)34-24(25,26)27;/h2-7,12,15,17H,8-11,13-14H2,1H3,(H,28,29)(H,31,32);1H/t15-,17-;/m0./s1. The number of carbonyl (C=O) groups is 1. The zero-order chi connectivity index (χ0) is 24.3. The highest BCUT2D eigenvalue weighted by Crippen LogP contribution is 2.33. The van der Waals surface area contributed by atoms with E-state index in [2.05, 4.69) is 14.7 Å². The van der Waals surface area contributed by atoms with Crippen LogP contribution in [0.25, 0.3) is 11.0 Å². The van der Waals surface area contributed by atoms with Crippen molar-refractivity contribution in [3.8, 4) is 11.5 Å². The second-order valence-corrected chi connectivity index (χ2v) is 8.57. The number of methoxy groups -OCH3 is 1. The number of nitrogens with one attached hydrogen (secondary N) is 1. The number of likely N-dealkylation sites (tertiary alicyclic amines) is 1. The normalized spacial score (nSPS) is 18.7. The number of piperidine rings is 1. The van der Waals surface area contributed by atoms with Gasteiger partial charge in [0, 0.05) is 37.6 Å². The summed E-state index contributed by atoms with van der Waals surface area (Å²) in [6.45, 7) is 1.41. The van der Waals surface area contributed by atoms with Crippen LogP contribution in [0.3, 0.4) is 0 Å². The summed E-state index contributed by atoms with van der Waals surface area (Å²) in [5.74, 6) is 0.287. The highest BCUT2D eigenvalue weighted by molar-refractivity contribution is 5.85. The minimum atomic E-state index is -4.77. The number of H-pyrrole nitrogens is 1. The van der Waals surface area contributed by atoms with Crippen molar-refractivity contribution in [3.05, 3.63) is 53.9 Å². The fourth-order valence-electron chi connectivity index (χ4n) is 4.64. The van der Waals surface area contributed by atoms with Crippen LogP contribution in [0, 0.1) is 11.8 Å². The SMILES string of the molecule is COc1ccc2nc(C[C@H]3CN(Cc4ccccc4OC(F)(F)F)CC[C@H]3CC(=O)O)[nH]c2c1.Cl. The van der Waals surface area contributed by atoms with E-state index in [1.165, 1.54) is 12.1 Å². The molecule has 0 aliphatic carbocycles. The number of benzene rings is 2. The Morgan fingerprint density at radius 3 is 2.71 bits per heavy atom. The Morgan fingerprint density at radius 1 is 1.23 bits per heavy atom. The number of aliphatic carboxylic acids is 1. The maximum Gasteiger partial charge on any atom is 0.573 e. The molecule has 11 heteroatoms. The summed E-state index contributed by atoms with van der Waals surface area (Å²) in [5, 5.41) is 9.39. The number of nitrogens with zero attached hydrogens (tertiary/aromatic N) is 2.